The Kier molecular flexibility index (Phi) is 4.51. The highest BCUT2D eigenvalue weighted by Gasteiger charge is 2.10. The average molecular weight is 324 g/mol. The molecule has 0 aliphatic carbocycles. The van der Waals surface area contributed by atoms with E-state index in [-0.39, 0.29) is 0 Å². The maximum Gasteiger partial charge on any atom is 0.339 e. The predicted octanol–water partition coefficient (Wildman–Crippen LogP) is 2.51. The summed E-state index contributed by atoms with van der Waals surface area (Å²) >= 11 is 0. The highest BCUT2D eigenvalue weighted by Crippen LogP contribution is 2.21. The molecule has 2 aromatic heterocycles. The summed E-state index contributed by atoms with van der Waals surface area (Å²) in [4.78, 5) is 15.6. The van der Waals surface area contributed by atoms with E-state index >= 15 is 0 Å². The first-order valence-electron chi connectivity index (χ1n) is 7.40. The van der Waals surface area contributed by atoms with Gasteiger partial charge in [-0.25, -0.2) is 9.48 Å². The summed E-state index contributed by atoms with van der Waals surface area (Å²) in [5, 5.41) is 8.25. The third-order valence-corrected chi connectivity index (χ3v) is 3.36. The number of hydrogen-bond donors (Lipinski definition) is 0. The average Bonchev–Trinajstić information content (AvgIpc) is 3.12. The minimum absolute atomic E-state index is 0.355. The first-order valence-corrected chi connectivity index (χ1v) is 7.40. The van der Waals surface area contributed by atoms with Gasteiger partial charge in [0, 0.05) is 11.8 Å². The third-order valence-electron chi connectivity index (χ3n) is 3.36. The van der Waals surface area contributed by atoms with Crippen molar-refractivity contribution in [2.75, 3.05) is 13.7 Å². The lowest BCUT2D eigenvalue weighted by Crippen LogP contribution is -2.04. The fourth-order valence-electron chi connectivity index (χ4n) is 2.19. The van der Waals surface area contributed by atoms with Crippen molar-refractivity contribution in [1.29, 1.82) is 0 Å². The second kappa shape index (κ2) is 6.91. The van der Waals surface area contributed by atoms with Crippen LogP contribution in [0, 0.1) is 0 Å². The molecule has 0 saturated carbocycles. The number of ether oxygens (including phenoxy) is 2. The van der Waals surface area contributed by atoms with Gasteiger partial charge in [-0.15, -0.1) is 5.10 Å². The molecular formula is C17H16N4O3. The van der Waals surface area contributed by atoms with E-state index in [0.29, 0.717) is 23.6 Å². The lowest BCUT2D eigenvalue weighted by Gasteiger charge is -2.03. The van der Waals surface area contributed by atoms with Gasteiger partial charge in [0.25, 0.3) is 0 Å². The number of pyridine rings is 1. The molecule has 1 aromatic carbocycles. The van der Waals surface area contributed by atoms with Crippen LogP contribution < -0.4 is 4.74 Å². The van der Waals surface area contributed by atoms with E-state index in [9.17, 15) is 4.79 Å². The molecule has 24 heavy (non-hydrogen) atoms. The summed E-state index contributed by atoms with van der Waals surface area (Å²) in [7, 11) is 1.33. The van der Waals surface area contributed by atoms with Crippen LogP contribution in [0.5, 0.6) is 5.75 Å². The monoisotopic (exact) mass is 324 g/mol. The molecule has 0 aliphatic rings. The molecule has 3 rings (SSSR count). The molecule has 0 N–H and O–H groups in total. The topological polar surface area (TPSA) is 79.1 Å². The molecule has 7 heteroatoms. The molecule has 7 nitrogen and oxygen atoms in total. The van der Waals surface area contributed by atoms with Crippen molar-refractivity contribution in [3.05, 3.63) is 54.5 Å². The Bertz CT molecular complexity index is 843. The molecule has 0 radical (unpaired) electrons. The molecule has 3 aromatic rings. The van der Waals surface area contributed by atoms with Gasteiger partial charge in [0.15, 0.2) is 0 Å². The number of carbonyl (C=O) groups excluding carboxylic acids is 1. The molecule has 0 amide bonds. The number of methoxy groups -OCH3 is 1. The molecule has 0 unspecified atom stereocenters. The van der Waals surface area contributed by atoms with Crippen molar-refractivity contribution >= 4 is 5.97 Å². The second-order valence-electron chi connectivity index (χ2n) is 4.93. The van der Waals surface area contributed by atoms with E-state index in [0.717, 1.165) is 11.3 Å². The number of hydrogen-bond acceptors (Lipinski definition) is 6. The lowest BCUT2D eigenvalue weighted by molar-refractivity contribution is 0.0600. The summed E-state index contributed by atoms with van der Waals surface area (Å²) < 4.78 is 11.7. The number of rotatable bonds is 5. The molecule has 2 heterocycles. The van der Waals surface area contributed by atoms with Gasteiger partial charge in [-0.05, 0) is 37.3 Å². The summed E-state index contributed by atoms with van der Waals surface area (Å²) in [6, 6.07) is 9.26. The van der Waals surface area contributed by atoms with Crippen LogP contribution in [-0.4, -0.2) is 39.7 Å². The van der Waals surface area contributed by atoms with Gasteiger partial charge >= 0.3 is 5.97 Å². The van der Waals surface area contributed by atoms with Gasteiger partial charge in [0.1, 0.15) is 11.4 Å². The van der Waals surface area contributed by atoms with Crippen LogP contribution in [-0.2, 0) is 4.74 Å². The maximum atomic E-state index is 11.6. The highest BCUT2D eigenvalue weighted by molar-refractivity contribution is 5.89. The van der Waals surface area contributed by atoms with Crippen LogP contribution in [0.4, 0.5) is 0 Å². The first-order chi connectivity index (χ1) is 11.7. The largest absolute Gasteiger partial charge is 0.494 e. The van der Waals surface area contributed by atoms with Crippen LogP contribution in [0.1, 0.15) is 17.3 Å². The maximum absolute atomic E-state index is 11.6. The van der Waals surface area contributed by atoms with Gasteiger partial charge in [-0.1, -0.05) is 5.21 Å². The Morgan fingerprint density at radius 3 is 2.71 bits per heavy atom. The van der Waals surface area contributed by atoms with Gasteiger partial charge in [-0.3, -0.25) is 4.98 Å². The van der Waals surface area contributed by atoms with Crippen LogP contribution in [0.2, 0.25) is 0 Å². The quantitative estimate of drug-likeness (QED) is 0.671. The Labute approximate surface area is 138 Å². The Hall–Kier alpha value is -3.22. The Morgan fingerprint density at radius 1 is 1.21 bits per heavy atom. The summed E-state index contributed by atoms with van der Waals surface area (Å²) in [6.07, 6.45) is 4.82. The smallest absolute Gasteiger partial charge is 0.339 e. The summed E-state index contributed by atoms with van der Waals surface area (Å²) in [5.41, 5.74) is 2.61. The second-order valence-corrected chi connectivity index (χ2v) is 4.93. The predicted molar refractivity (Wildman–Crippen MR) is 87.1 cm³/mol. The van der Waals surface area contributed by atoms with Gasteiger partial charge < -0.3 is 9.47 Å². The van der Waals surface area contributed by atoms with Crippen molar-refractivity contribution in [2.24, 2.45) is 0 Å². The minimum Gasteiger partial charge on any atom is -0.494 e. The third kappa shape index (κ3) is 3.24. The van der Waals surface area contributed by atoms with Crippen molar-refractivity contribution in [1.82, 2.24) is 20.0 Å². The van der Waals surface area contributed by atoms with Crippen molar-refractivity contribution in [3.63, 3.8) is 0 Å². The SMILES string of the molecule is CCOc1ccc(-c2cn(-c3cncc(C(=O)OC)c3)nn2)cc1. The molecule has 0 fully saturated rings. The van der Waals surface area contributed by atoms with E-state index in [2.05, 4.69) is 15.3 Å². The van der Waals surface area contributed by atoms with Crippen LogP contribution in [0.15, 0.2) is 48.9 Å². The van der Waals surface area contributed by atoms with Gasteiger partial charge in [0.05, 0.1) is 37.4 Å². The fourth-order valence-corrected chi connectivity index (χ4v) is 2.19. The molecule has 0 atom stereocenters. The molecule has 0 bridgehead atoms. The van der Waals surface area contributed by atoms with E-state index < -0.39 is 5.97 Å². The normalized spacial score (nSPS) is 10.4. The zero-order chi connectivity index (χ0) is 16.9. The van der Waals surface area contributed by atoms with E-state index in [1.165, 1.54) is 13.3 Å². The van der Waals surface area contributed by atoms with E-state index in [1.807, 2.05) is 31.2 Å². The molecule has 122 valence electrons. The first kappa shape index (κ1) is 15.7. The Morgan fingerprint density at radius 2 is 2.00 bits per heavy atom. The van der Waals surface area contributed by atoms with E-state index in [1.54, 1.807) is 23.1 Å². The zero-order valence-electron chi connectivity index (χ0n) is 13.3. The number of esters is 1. The standard InChI is InChI=1S/C17H16N4O3/c1-3-24-15-6-4-12(5-7-15)16-11-21(20-19-16)14-8-13(9-18-10-14)17(22)23-2/h4-11H,3H2,1-2H3. The molecular weight excluding hydrogens is 308 g/mol. The molecule has 0 saturated heterocycles. The van der Waals surface area contributed by atoms with E-state index in [4.69, 9.17) is 9.47 Å². The summed E-state index contributed by atoms with van der Waals surface area (Å²) in [5.74, 6) is 0.361. The molecule has 0 spiro atoms. The van der Waals surface area contributed by atoms with Crippen molar-refractivity contribution in [2.45, 2.75) is 6.92 Å². The van der Waals surface area contributed by atoms with Gasteiger partial charge in [0.2, 0.25) is 0 Å². The highest BCUT2D eigenvalue weighted by atomic mass is 16.5. The van der Waals surface area contributed by atoms with Crippen LogP contribution in [0.25, 0.3) is 16.9 Å². The number of aromatic nitrogens is 4. The van der Waals surface area contributed by atoms with Crippen LogP contribution in [0.3, 0.4) is 0 Å². The lowest BCUT2D eigenvalue weighted by atomic mass is 10.1. The fraction of sp³-hybridized carbons (Fsp3) is 0.176. The Balaban J connectivity index is 1.86. The number of nitrogens with zero attached hydrogens (tertiary/aromatic N) is 4. The number of benzene rings is 1. The minimum atomic E-state index is -0.448. The summed E-state index contributed by atoms with van der Waals surface area (Å²) in [6.45, 7) is 2.56. The van der Waals surface area contributed by atoms with Crippen LogP contribution >= 0.6 is 0 Å². The van der Waals surface area contributed by atoms with Gasteiger partial charge in [-0.2, -0.15) is 0 Å². The van der Waals surface area contributed by atoms with Crippen molar-refractivity contribution < 1.29 is 14.3 Å². The number of carbonyl (C=O) groups is 1. The van der Waals surface area contributed by atoms with Crippen molar-refractivity contribution in [3.8, 4) is 22.7 Å². The molecule has 0 aliphatic heterocycles. The zero-order valence-corrected chi connectivity index (χ0v) is 13.3.